The number of carbonyl (C=O) groups is 5. The van der Waals surface area contributed by atoms with Crippen LogP contribution >= 0.6 is 0 Å². The van der Waals surface area contributed by atoms with Crippen molar-refractivity contribution in [1.29, 1.82) is 0 Å². The van der Waals surface area contributed by atoms with Crippen molar-refractivity contribution >= 4 is 40.1 Å². The highest BCUT2D eigenvalue weighted by atomic mass is 32.2. The Morgan fingerprint density at radius 2 is 1.88 bits per heavy atom. The van der Waals surface area contributed by atoms with Crippen LogP contribution < -0.4 is 10.0 Å². The van der Waals surface area contributed by atoms with E-state index in [4.69, 9.17) is 9.84 Å². The number of hydrogen-bond donors (Lipinski definition) is 3. The van der Waals surface area contributed by atoms with Crippen LogP contribution in [0.15, 0.2) is 54.9 Å². The zero-order valence-electron chi connectivity index (χ0n) is 26.9. The molecule has 3 N–H and O–H groups in total. The molecule has 0 unspecified atom stereocenters. The molecular weight excluding hydrogens is 677 g/mol. The number of likely N-dealkylation sites (N-methyl/N-ethyl adjacent to an activating group) is 1. The van der Waals surface area contributed by atoms with Gasteiger partial charge >= 0.3 is 22.4 Å². The second-order valence-electron chi connectivity index (χ2n) is 12.3. The first-order valence-electron chi connectivity index (χ1n) is 15.8. The Labute approximate surface area is 285 Å². The highest BCUT2D eigenvalue weighted by molar-refractivity contribution is 7.87. The third kappa shape index (κ3) is 6.75. The van der Waals surface area contributed by atoms with Crippen molar-refractivity contribution in [3.05, 3.63) is 77.4 Å². The number of rotatable bonds is 10. The Bertz CT molecular complexity index is 1970. The van der Waals surface area contributed by atoms with E-state index in [2.05, 4.69) is 10.4 Å². The van der Waals surface area contributed by atoms with E-state index >= 15 is 0 Å². The smallest absolute Gasteiger partial charge is 0.419 e. The second-order valence-corrected chi connectivity index (χ2v) is 13.9. The molecule has 18 heteroatoms. The van der Waals surface area contributed by atoms with Gasteiger partial charge in [0.1, 0.15) is 18.9 Å². The van der Waals surface area contributed by atoms with Crippen molar-refractivity contribution in [3.8, 4) is 11.1 Å². The summed E-state index contributed by atoms with van der Waals surface area (Å²) in [4.78, 5) is 66.1. The number of aromatic nitrogens is 2. The van der Waals surface area contributed by atoms with E-state index in [0.29, 0.717) is 30.4 Å². The van der Waals surface area contributed by atoms with Gasteiger partial charge in [-0.05, 0) is 48.1 Å². The van der Waals surface area contributed by atoms with Gasteiger partial charge in [-0.15, -0.1) is 0 Å². The fraction of sp³-hybridized carbons (Fsp3) is 0.375. The summed E-state index contributed by atoms with van der Waals surface area (Å²) in [5.41, 5.74) is 1.67. The number of piperidine rings is 1. The number of aryl methyl sites for hydroxylation is 1. The quantitative estimate of drug-likeness (QED) is 0.277. The highest BCUT2D eigenvalue weighted by Crippen LogP contribution is 2.46. The maximum atomic E-state index is 14.0. The fourth-order valence-electron chi connectivity index (χ4n) is 6.66. The van der Waals surface area contributed by atoms with Gasteiger partial charge in [-0.25, -0.2) is 23.6 Å². The summed E-state index contributed by atoms with van der Waals surface area (Å²) in [5, 5.41) is 15.8. The minimum atomic E-state index is -4.43. The number of amides is 5. The molecule has 264 valence electrons. The minimum absolute atomic E-state index is 0.0105. The van der Waals surface area contributed by atoms with Gasteiger partial charge in [0.2, 0.25) is 17.4 Å². The Kier molecular flexibility index (Phi) is 9.32. The van der Waals surface area contributed by atoms with Gasteiger partial charge in [0.15, 0.2) is 0 Å². The van der Waals surface area contributed by atoms with Crippen LogP contribution in [0.3, 0.4) is 0 Å². The third-order valence-electron chi connectivity index (χ3n) is 9.15. The molecule has 0 saturated carbocycles. The number of ether oxygens (including phenoxy) is 1. The van der Waals surface area contributed by atoms with Crippen molar-refractivity contribution in [1.82, 2.24) is 33.9 Å². The van der Waals surface area contributed by atoms with E-state index < -0.39 is 58.2 Å². The van der Waals surface area contributed by atoms with Crippen LogP contribution in [0.5, 0.6) is 0 Å². The largest absolute Gasteiger partial charge is 0.464 e. The molecule has 3 aromatic rings. The molecular formula is C32H34FN7O9S. The van der Waals surface area contributed by atoms with Gasteiger partial charge in [0.25, 0.3) is 5.91 Å². The van der Waals surface area contributed by atoms with Crippen LogP contribution in [0.4, 0.5) is 14.0 Å². The molecule has 2 saturated heterocycles. The second kappa shape index (κ2) is 13.5. The molecule has 16 nitrogen and oxygen atoms in total. The molecule has 3 heterocycles. The normalized spacial score (nSPS) is 20.4. The number of carboxylic acid groups (broad SMARTS) is 1. The number of fused-ring (bicyclic) bond motifs is 2. The van der Waals surface area contributed by atoms with Crippen molar-refractivity contribution in [2.45, 2.75) is 50.4 Å². The lowest BCUT2D eigenvalue weighted by Gasteiger charge is -2.39. The SMILES string of the molecule is CNC(=O)Cn1cc(-c2ccc3c(c2)CC[C@@]32OC(=O)N(CC(=O)N(Cc3ccc(F)cc3)[C@@H]3CCCN(S(=O)(=O)NC(=O)O)C3)C2=O)cn1. The predicted molar refractivity (Wildman–Crippen MR) is 172 cm³/mol. The lowest BCUT2D eigenvalue weighted by Crippen LogP contribution is -2.55. The summed E-state index contributed by atoms with van der Waals surface area (Å²) in [6.07, 6.45) is 1.77. The number of nitrogens with one attached hydrogen (secondary N) is 2. The summed E-state index contributed by atoms with van der Waals surface area (Å²) in [6, 6.07) is 9.89. The standard InChI is InChI=1S/C32H34FN7O9S/c1-34-27(41)18-37-16-23(14-35-37)21-6-9-26-22(13-21)10-11-32(26)29(43)40(31(46)49-32)19-28(42)39(15-20-4-7-24(33)8-5-20)25-3-2-12-38(17-25)50(47,48)36-30(44)45/h4-9,13-14,16,25,36H,2-3,10-12,15,17-19H2,1H3,(H,34,41)(H,44,45)/t25-,32-/m1/s1. The van der Waals surface area contributed by atoms with E-state index in [1.165, 1.54) is 45.6 Å². The van der Waals surface area contributed by atoms with Crippen molar-refractivity contribution < 1.29 is 46.6 Å². The van der Waals surface area contributed by atoms with Crippen molar-refractivity contribution in [2.75, 3.05) is 26.7 Å². The van der Waals surface area contributed by atoms with Gasteiger partial charge in [-0.3, -0.25) is 19.1 Å². The maximum absolute atomic E-state index is 14.0. The van der Waals surface area contributed by atoms with Gasteiger partial charge < -0.3 is 20.1 Å². The Balaban J connectivity index is 1.22. The monoisotopic (exact) mass is 711 g/mol. The Hall–Kier alpha value is -5.36. The summed E-state index contributed by atoms with van der Waals surface area (Å²) in [5.74, 6) is -2.10. The minimum Gasteiger partial charge on any atom is -0.464 e. The molecule has 1 aromatic heterocycles. The van der Waals surface area contributed by atoms with E-state index in [9.17, 15) is 36.8 Å². The first kappa shape index (κ1) is 34.5. The van der Waals surface area contributed by atoms with E-state index in [-0.39, 0.29) is 38.5 Å². The molecule has 2 atom stereocenters. The van der Waals surface area contributed by atoms with Crippen LogP contribution in [0.1, 0.15) is 36.0 Å². The zero-order chi connectivity index (χ0) is 35.8. The van der Waals surface area contributed by atoms with Crippen LogP contribution in [0.25, 0.3) is 11.1 Å². The molecule has 1 spiro atoms. The van der Waals surface area contributed by atoms with Crippen LogP contribution in [-0.4, -0.2) is 100 Å². The van der Waals surface area contributed by atoms with Crippen molar-refractivity contribution in [3.63, 3.8) is 0 Å². The van der Waals surface area contributed by atoms with Crippen LogP contribution in [0.2, 0.25) is 0 Å². The molecule has 0 radical (unpaired) electrons. The topological polar surface area (TPSA) is 201 Å². The molecule has 2 fully saturated rings. The number of imide groups is 1. The Morgan fingerprint density at radius 3 is 2.60 bits per heavy atom. The molecule has 50 heavy (non-hydrogen) atoms. The van der Waals surface area contributed by atoms with E-state index in [1.54, 1.807) is 24.5 Å². The molecule has 6 rings (SSSR count). The summed E-state index contributed by atoms with van der Waals surface area (Å²) in [6.45, 7) is -0.993. The zero-order valence-corrected chi connectivity index (χ0v) is 27.7. The Morgan fingerprint density at radius 1 is 1.12 bits per heavy atom. The maximum Gasteiger partial charge on any atom is 0.419 e. The number of nitrogens with zero attached hydrogens (tertiary/aromatic N) is 5. The first-order chi connectivity index (χ1) is 23.8. The lowest BCUT2D eigenvalue weighted by molar-refractivity contribution is -0.143. The average Bonchev–Trinajstić information content (AvgIpc) is 3.76. The van der Waals surface area contributed by atoms with E-state index in [1.807, 2.05) is 6.07 Å². The van der Waals surface area contributed by atoms with E-state index in [0.717, 1.165) is 25.9 Å². The summed E-state index contributed by atoms with van der Waals surface area (Å²) < 4.78 is 48.6. The van der Waals surface area contributed by atoms with Crippen molar-refractivity contribution in [2.24, 2.45) is 0 Å². The van der Waals surface area contributed by atoms with Gasteiger partial charge in [0, 0.05) is 56.5 Å². The summed E-state index contributed by atoms with van der Waals surface area (Å²) >= 11 is 0. The van der Waals surface area contributed by atoms with Gasteiger partial charge in [0.05, 0.1) is 6.20 Å². The third-order valence-corrected chi connectivity index (χ3v) is 10.6. The molecule has 2 aliphatic heterocycles. The van der Waals surface area contributed by atoms with Gasteiger partial charge in [-0.1, -0.05) is 30.3 Å². The highest BCUT2D eigenvalue weighted by Gasteiger charge is 2.58. The molecule has 5 amide bonds. The molecule has 3 aliphatic rings. The number of hydrogen-bond acceptors (Lipinski definition) is 9. The molecule has 2 aromatic carbocycles. The predicted octanol–water partition coefficient (Wildman–Crippen LogP) is 1.56. The fourth-order valence-corrected chi connectivity index (χ4v) is 7.75. The molecule has 1 aliphatic carbocycles. The number of carbonyl (C=O) groups excluding carboxylic acids is 4. The first-order valence-corrected chi connectivity index (χ1v) is 17.2. The number of benzene rings is 2. The van der Waals surface area contributed by atoms with Crippen LogP contribution in [0, 0.1) is 5.82 Å². The van der Waals surface area contributed by atoms with Crippen LogP contribution in [-0.2, 0) is 54.4 Å². The van der Waals surface area contributed by atoms with Gasteiger partial charge in [-0.2, -0.15) is 17.8 Å². The summed E-state index contributed by atoms with van der Waals surface area (Å²) in [7, 11) is -2.89. The average molecular weight is 712 g/mol. The lowest BCUT2D eigenvalue weighted by atomic mass is 9.93. The molecule has 0 bridgehead atoms. The number of halogens is 1.